The lowest BCUT2D eigenvalue weighted by Gasteiger charge is -2.36. The maximum atomic E-state index is 11.9. The lowest BCUT2D eigenvalue weighted by molar-refractivity contribution is -0.0649. The van der Waals surface area contributed by atoms with Crippen LogP contribution in [0.2, 0.25) is 0 Å². The molecule has 3 heteroatoms. The Labute approximate surface area is 79.6 Å². The fourth-order valence-electron chi connectivity index (χ4n) is 1.95. The topological polar surface area (TPSA) is 35.2 Å². The smallest absolute Gasteiger partial charge is 0.0916 e. The Kier molecular flexibility index (Phi) is 4.67. The van der Waals surface area contributed by atoms with Gasteiger partial charge in [0.2, 0.25) is 0 Å². The van der Waals surface area contributed by atoms with Gasteiger partial charge in [0, 0.05) is 13.2 Å². The number of nitrogens with two attached hydrogens (primary N) is 1. The van der Waals surface area contributed by atoms with Gasteiger partial charge in [-0.15, -0.1) is 0 Å². The van der Waals surface area contributed by atoms with E-state index in [-0.39, 0.29) is 12.3 Å². The number of ether oxygens (including phenoxy) is 1. The van der Waals surface area contributed by atoms with Crippen molar-refractivity contribution in [3.8, 4) is 0 Å². The highest BCUT2D eigenvalue weighted by Gasteiger charge is 2.30. The molecule has 0 saturated heterocycles. The van der Waals surface area contributed by atoms with Crippen LogP contribution in [0.1, 0.15) is 38.5 Å². The average Bonchev–Trinajstić information content (AvgIpc) is 2.20. The van der Waals surface area contributed by atoms with Crippen LogP contribution in [0, 0.1) is 0 Å². The first-order valence-electron chi connectivity index (χ1n) is 5.23. The Hall–Kier alpha value is -0.150. The van der Waals surface area contributed by atoms with Crippen molar-refractivity contribution >= 4 is 0 Å². The van der Waals surface area contributed by atoms with Gasteiger partial charge in [-0.05, 0) is 19.3 Å². The highest BCUT2D eigenvalue weighted by Crippen LogP contribution is 2.30. The summed E-state index contributed by atoms with van der Waals surface area (Å²) in [5, 5.41) is 0. The summed E-state index contributed by atoms with van der Waals surface area (Å²) in [6.07, 6.45) is 6.29. The Morgan fingerprint density at radius 2 is 1.92 bits per heavy atom. The molecule has 0 aliphatic heterocycles. The van der Waals surface area contributed by atoms with E-state index >= 15 is 0 Å². The van der Waals surface area contributed by atoms with Crippen LogP contribution >= 0.6 is 0 Å². The Balaban J connectivity index is 2.29. The van der Waals surface area contributed by atoms with Gasteiger partial charge in [-0.2, -0.15) is 0 Å². The van der Waals surface area contributed by atoms with Crippen LogP contribution in [0.15, 0.2) is 0 Å². The van der Waals surface area contributed by atoms with Crippen LogP contribution in [-0.2, 0) is 4.74 Å². The van der Waals surface area contributed by atoms with Crippen molar-refractivity contribution in [1.82, 2.24) is 0 Å². The van der Waals surface area contributed by atoms with Gasteiger partial charge >= 0.3 is 0 Å². The van der Waals surface area contributed by atoms with Crippen molar-refractivity contribution in [2.24, 2.45) is 5.73 Å². The van der Waals surface area contributed by atoms with Crippen molar-refractivity contribution in [1.29, 1.82) is 0 Å². The molecular formula is C10H20FNO. The van der Waals surface area contributed by atoms with Crippen molar-refractivity contribution in [3.05, 3.63) is 0 Å². The third-order valence-corrected chi connectivity index (χ3v) is 2.82. The van der Waals surface area contributed by atoms with Crippen molar-refractivity contribution in [2.45, 2.75) is 44.1 Å². The summed E-state index contributed by atoms with van der Waals surface area (Å²) in [4.78, 5) is 0. The van der Waals surface area contributed by atoms with E-state index in [1.807, 2.05) is 0 Å². The second kappa shape index (κ2) is 5.55. The molecule has 0 bridgehead atoms. The van der Waals surface area contributed by atoms with E-state index in [1.54, 1.807) is 0 Å². The SMILES string of the molecule is NCC1(OCCCF)CCCCC1. The van der Waals surface area contributed by atoms with Crippen molar-refractivity contribution in [2.75, 3.05) is 19.8 Å². The fraction of sp³-hybridized carbons (Fsp3) is 1.00. The van der Waals surface area contributed by atoms with Gasteiger partial charge in [0.05, 0.1) is 12.3 Å². The third kappa shape index (κ3) is 3.24. The minimum atomic E-state index is -0.291. The van der Waals surface area contributed by atoms with E-state index in [0.717, 1.165) is 12.8 Å². The molecule has 0 unspecified atom stereocenters. The molecule has 0 radical (unpaired) electrons. The summed E-state index contributed by atoms with van der Waals surface area (Å²) < 4.78 is 17.6. The molecule has 13 heavy (non-hydrogen) atoms. The first-order valence-corrected chi connectivity index (χ1v) is 5.23. The fourth-order valence-corrected chi connectivity index (χ4v) is 1.95. The summed E-state index contributed by atoms with van der Waals surface area (Å²) in [5.74, 6) is 0. The van der Waals surface area contributed by atoms with E-state index in [2.05, 4.69) is 0 Å². The van der Waals surface area contributed by atoms with Gasteiger partial charge < -0.3 is 10.5 Å². The zero-order valence-electron chi connectivity index (χ0n) is 8.23. The number of alkyl halides is 1. The molecule has 1 aliphatic carbocycles. The molecule has 78 valence electrons. The molecule has 0 atom stereocenters. The van der Waals surface area contributed by atoms with Crippen LogP contribution < -0.4 is 5.73 Å². The lowest BCUT2D eigenvalue weighted by Crippen LogP contribution is -2.42. The van der Waals surface area contributed by atoms with Crippen molar-refractivity contribution < 1.29 is 9.13 Å². The summed E-state index contributed by atoms with van der Waals surface area (Å²) in [7, 11) is 0. The second-order valence-electron chi connectivity index (χ2n) is 3.84. The lowest BCUT2D eigenvalue weighted by atomic mass is 9.85. The Morgan fingerprint density at radius 3 is 2.46 bits per heavy atom. The maximum Gasteiger partial charge on any atom is 0.0916 e. The minimum Gasteiger partial charge on any atom is -0.374 e. The van der Waals surface area contributed by atoms with Crippen LogP contribution in [0.5, 0.6) is 0 Å². The number of rotatable bonds is 5. The van der Waals surface area contributed by atoms with Crippen LogP contribution in [0.25, 0.3) is 0 Å². The van der Waals surface area contributed by atoms with Crippen LogP contribution in [-0.4, -0.2) is 25.4 Å². The predicted octanol–water partition coefficient (Wildman–Crippen LogP) is 2.02. The molecule has 0 aromatic heterocycles. The Morgan fingerprint density at radius 1 is 1.23 bits per heavy atom. The minimum absolute atomic E-state index is 0.118. The zero-order chi connectivity index (χ0) is 9.57. The number of hydrogen-bond acceptors (Lipinski definition) is 2. The van der Waals surface area contributed by atoms with Gasteiger partial charge in [0.25, 0.3) is 0 Å². The monoisotopic (exact) mass is 189 g/mol. The molecular weight excluding hydrogens is 169 g/mol. The third-order valence-electron chi connectivity index (χ3n) is 2.82. The highest BCUT2D eigenvalue weighted by molar-refractivity contribution is 4.85. The molecule has 2 nitrogen and oxygen atoms in total. The van der Waals surface area contributed by atoms with E-state index in [0.29, 0.717) is 19.6 Å². The molecule has 0 heterocycles. The summed E-state index contributed by atoms with van der Waals surface area (Å²) in [6.45, 7) is 0.813. The largest absolute Gasteiger partial charge is 0.374 e. The molecule has 1 fully saturated rings. The normalized spacial score (nSPS) is 21.7. The van der Waals surface area contributed by atoms with Gasteiger partial charge in [-0.3, -0.25) is 4.39 Å². The first-order chi connectivity index (χ1) is 6.33. The molecule has 1 saturated carbocycles. The summed E-state index contributed by atoms with van der Waals surface area (Å²) in [5.41, 5.74) is 5.58. The average molecular weight is 189 g/mol. The number of hydrogen-bond donors (Lipinski definition) is 1. The Bertz CT molecular complexity index is 135. The predicted molar refractivity (Wildman–Crippen MR) is 51.4 cm³/mol. The van der Waals surface area contributed by atoms with Crippen molar-refractivity contribution in [3.63, 3.8) is 0 Å². The zero-order valence-corrected chi connectivity index (χ0v) is 8.23. The molecule has 1 aliphatic rings. The van der Waals surface area contributed by atoms with Gasteiger partial charge in [-0.25, -0.2) is 0 Å². The van der Waals surface area contributed by atoms with Gasteiger partial charge in [-0.1, -0.05) is 19.3 Å². The second-order valence-corrected chi connectivity index (χ2v) is 3.84. The highest BCUT2D eigenvalue weighted by atomic mass is 19.1. The molecule has 0 spiro atoms. The quantitative estimate of drug-likeness (QED) is 0.671. The van der Waals surface area contributed by atoms with Crippen LogP contribution in [0.3, 0.4) is 0 Å². The van der Waals surface area contributed by atoms with Crippen LogP contribution in [0.4, 0.5) is 4.39 Å². The molecule has 0 aromatic rings. The number of halogens is 1. The molecule has 2 N–H and O–H groups in total. The molecule has 1 rings (SSSR count). The first kappa shape index (κ1) is 10.9. The van der Waals surface area contributed by atoms with E-state index in [1.165, 1.54) is 19.3 Å². The van der Waals surface area contributed by atoms with E-state index in [4.69, 9.17) is 10.5 Å². The standard InChI is InChI=1S/C10H20FNO/c11-7-4-8-13-10(9-12)5-2-1-3-6-10/h1-9,12H2. The molecule has 0 aromatic carbocycles. The summed E-state index contributed by atoms with van der Waals surface area (Å²) in [6, 6.07) is 0. The van der Waals surface area contributed by atoms with E-state index in [9.17, 15) is 4.39 Å². The van der Waals surface area contributed by atoms with Gasteiger partial charge in [0.1, 0.15) is 0 Å². The molecule has 0 amide bonds. The maximum absolute atomic E-state index is 11.9. The van der Waals surface area contributed by atoms with Gasteiger partial charge in [0.15, 0.2) is 0 Å². The van der Waals surface area contributed by atoms with E-state index < -0.39 is 0 Å². The summed E-state index contributed by atoms with van der Waals surface area (Å²) >= 11 is 0.